The van der Waals surface area contributed by atoms with Crippen molar-refractivity contribution in [3.63, 3.8) is 0 Å². The molecule has 0 spiro atoms. The van der Waals surface area contributed by atoms with E-state index < -0.39 is 0 Å². The summed E-state index contributed by atoms with van der Waals surface area (Å²) in [5.41, 5.74) is 4.09. The molecule has 0 radical (unpaired) electrons. The van der Waals surface area contributed by atoms with E-state index in [0.29, 0.717) is 12.2 Å². The monoisotopic (exact) mass is 351 g/mol. The fourth-order valence-corrected chi connectivity index (χ4v) is 3.43. The first kappa shape index (κ1) is 15.7. The molecular formula is C20H17NO3S. The fourth-order valence-electron chi connectivity index (χ4n) is 2.73. The van der Waals surface area contributed by atoms with Crippen molar-refractivity contribution in [2.75, 3.05) is 7.11 Å². The molecule has 0 fully saturated rings. The number of nitrogens with zero attached hydrogens (tertiary/aromatic N) is 1. The molecule has 0 N–H and O–H groups in total. The summed E-state index contributed by atoms with van der Waals surface area (Å²) in [4.78, 5) is 0. The first-order chi connectivity index (χ1) is 12.3. The van der Waals surface area contributed by atoms with Crippen molar-refractivity contribution in [1.29, 1.82) is 0 Å². The van der Waals surface area contributed by atoms with Gasteiger partial charge in [-0.05, 0) is 34.8 Å². The van der Waals surface area contributed by atoms with Crippen molar-refractivity contribution in [3.8, 4) is 16.9 Å². The second kappa shape index (κ2) is 6.99. The van der Waals surface area contributed by atoms with Gasteiger partial charge in [0.25, 0.3) is 0 Å². The Kier molecular flexibility index (Phi) is 4.39. The molecule has 1 atom stereocenters. The van der Waals surface area contributed by atoms with Crippen molar-refractivity contribution in [3.05, 3.63) is 77.5 Å². The van der Waals surface area contributed by atoms with Crippen LogP contribution in [0.25, 0.3) is 16.9 Å². The summed E-state index contributed by atoms with van der Waals surface area (Å²) in [5, 5.41) is 2.02. The quantitative estimate of drug-likeness (QED) is 0.666. The normalized spacial score (nSPS) is 16.0. The van der Waals surface area contributed by atoms with E-state index in [9.17, 15) is 0 Å². The highest BCUT2D eigenvalue weighted by Gasteiger charge is 2.25. The molecular weight excluding hydrogens is 334 g/mol. The minimum absolute atomic E-state index is 0.317. The van der Waals surface area contributed by atoms with Crippen molar-refractivity contribution in [1.82, 2.24) is 4.37 Å². The largest absolute Gasteiger partial charge is 0.497 e. The SMILES string of the molecule is COc1ccc(-c2csnc2C2=COC(Cc3ccccc3)O2)cc1. The number of ether oxygens (including phenoxy) is 3. The smallest absolute Gasteiger partial charge is 0.244 e. The molecule has 1 aliphatic rings. The van der Waals surface area contributed by atoms with Crippen LogP contribution in [0.15, 0.2) is 66.2 Å². The van der Waals surface area contributed by atoms with Crippen molar-refractivity contribution >= 4 is 17.3 Å². The molecule has 1 aliphatic heterocycles. The maximum atomic E-state index is 5.98. The zero-order valence-electron chi connectivity index (χ0n) is 13.7. The Morgan fingerprint density at radius 3 is 2.64 bits per heavy atom. The maximum absolute atomic E-state index is 5.98. The molecule has 2 heterocycles. The molecule has 3 aromatic rings. The lowest BCUT2D eigenvalue weighted by Gasteiger charge is -2.12. The number of rotatable bonds is 5. The Labute approximate surface area is 150 Å². The van der Waals surface area contributed by atoms with Gasteiger partial charge < -0.3 is 14.2 Å². The molecule has 0 aliphatic carbocycles. The zero-order valence-corrected chi connectivity index (χ0v) is 14.5. The third kappa shape index (κ3) is 3.37. The summed E-state index contributed by atoms with van der Waals surface area (Å²) in [7, 11) is 1.66. The minimum atomic E-state index is -0.317. The van der Waals surface area contributed by atoms with Gasteiger partial charge in [-0.15, -0.1) is 0 Å². The van der Waals surface area contributed by atoms with Crippen LogP contribution in [0.3, 0.4) is 0 Å². The Balaban J connectivity index is 1.51. The predicted octanol–water partition coefficient (Wildman–Crippen LogP) is 4.73. The van der Waals surface area contributed by atoms with Crippen LogP contribution in [0.1, 0.15) is 11.3 Å². The molecule has 1 aromatic heterocycles. The van der Waals surface area contributed by atoms with Gasteiger partial charge in [-0.25, -0.2) is 0 Å². The molecule has 1 unspecified atom stereocenters. The molecule has 0 amide bonds. The lowest BCUT2D eigenvalue weighted by atomic mass is 10.1. The number of benzene rings is 2. The van der Waals surface area contributed by atoms with Crippen LogP contribution < -0.4 is 4.74 Å². The molecule has 0 bridgehead atoms. The van der Waals surface area contributed by atoms with Gasteiger partial charge in [-0.1, -0.05) is 42.5 Å². The second-order valence-corrected chi connectivity index (χ2v) is 6.29. The topological polar surface area (TPSA) is 40.6 Å². The first-order valence-electron chi connectivity index (χ1n) is 7.99. The highest BCUT2D eigenvalue weighted by molar-refractivity contribution is 7.04. The van der Waals surface area contributed by atoms with Crippen LogP contribution in [-0.4, -0.2) is 17.8 Å². The van der Waals surface area contributed by atoms with Gasteiger partial charge in [0.1, 0.15) is 17.7 Å². The molecule has 5 heteroatoms. The Morgan fingerprint density at radius 1 is 1.08 bits per heavy atom. The van der Waals surface area contributed by atoms with Crippen molar-refractivity contribution < 1.29 is 14.2 Å². The number of methoxy groups -OCH3 is 1. The number of aromatic nitrogens is 1. The standard InChI is InChI=1S/C20H17NO3S/c1-22-16-9-7-15(8-10-16)17-13-25-21-20(17)18-12-23-19(24-18)11-14-5-3-2-4-6-14/h2-10,12-13,19H,11H2,1H3. The van der Waals surface area contributed by atoms with Crippen LogP contribution in [-0.2, 0) is 15.9 Å². The van der Waals surface area contributed by atoms with E-state index in [1.165, 1.54) is 17.1 Å². The average Bonchev–Trinajstić information content (AvgIpc) is 3.32. The Morgan fingerprint density at radius 2 is 1.88 bits per heavy atom. The van der Waals surface area contributed by atoms with Gasteiger partial charge in [0.2, 0.25) is 6.29 Å². The third-order valence-electron chi connectivity index (χ3n) is 4.03. The number of hydrogen-bond acceptors (Lipinski definition) is 5. The van der Waals surface area contributed by atoms with Gasteiger partial charge >= 0.3 is 0 Å². The summed E-state index contributed by atoms with van der Waals surface area (Å²) in [6, 6.07) is 18.1. The van der Waals surface area contributed by atoms with E-state index in [1.807, 2.05) is 47.8 Å². The second-order valence-electron chi connectivity index (χ2n) is 5.66. The van der Waals surface area contributed by atoms with Crippen molar-refractivity contribution in [2.24, 2.45) is 0 Å². The van der Waals surface area contributed by atoms with Gasteiger partial charge in [-0.3, -0.25) is 0 Å². The van der Waals surface area contributed by atoms with E-state index in [1.54, 1.807) is 13.4 Å². The Bertz CT molecular complexity index is 871. The molecule has 0 saturated heterocycles. The molecule has 2 aromatic carbocycles. The summed E-state index contributed by atoms with van der Waals surface area (Å²) in [5.74, 6) is 1.50. The van der Waals surface area contributed by atoms with Crippen LogP contribution in [0.4, 0.5) is 0 Å². The van der Waals surface area contributed by atoms with E-state index in [2.05, 4.69) is 16.5 Å². The first-order valence-corrected chi connectivity index (χ1v) is 8.82. The van der Waals surface area contributed by atoms with Crippen LogP contribution in [0.2, 0.25) is 0 Å². The van der Waals surface area contributed by atoms with Crippen LogP contribution in [0.5, 0.6) is 5.75 Å². The molecule has 4 rings (SSSR count). The summed E-state index contributed by atoms with van der Waals surface area (Å²) >= 11 is 1.41. The molecule has 126 valence electrons. The van der Waals surface area contributed by atoms with E-state index in [0.717, 1.165) is 22.6 Å². The van der Waals surface area contributed by atoms with Gasteiger partial charge in [0, 0.05) is 17.4 Å². The highest BCUT2D eigenvalue weighted by atomic mass is 32.1. The maximum Gasteiger partial charge on any atom is 0.244 e. The predicted molar refractivity (Wildman–Crippen MR) is 98.2 cm³/mol. The average molecular weight is 351 g/mol. The summed E-state index contributed by atoms with van der Waals surface area (Å²) in [6.07, 6.45) is 2.04. The zero-order chi connectivity index (χ0) is 17.1. The summed E-state index contributed by atoms with van der Waals surface area (Å²) < 4.78 is 21.4. The Hall–Kier alpha value is -2.79. The van der Waals surface area contributed by atoms with E-state index >= 15 is 0 Å². The highest BCUT2D eigenvalue weighted by Crippen LogP contribution is 2.34. The molecule has 4 nitrogen and oxygen atoms in total. The van der Waals surface area contributed by atoms with E-state index in [-0.39, 0.29) is 6.29 Å². The molecule has 25 heavy (non-hydrogen) atoms. The minimum Gasteiger partial charge on any atom is -0.497 e. The van der Waals surface area contributed by atoms with Crippen molar-refractivity contribution in [2.45, 2.75) is 12.7 Å². The van der Waals surface area contributed by atoms with Gasteiger partial charge in [0.15, 0.2) is 5.76 Å². The van der Waals surface area contributed by atoms with Crippen LogP contribution >= 0.6 is 11.5 Å². The lowest BCUT2D eigenvalue weighted by Crippen LogP contribution is -2.12. The van der Waals surface area contributed by atoms with E-state index in [4.69, 9.17) is 14.2 Å². The summed E-state index contributed by atoms with van der Waals surface area (Å²) in [6.45, 7) is 0. The number of hydrogen-bond donors (Lipinski definition) is 0. The van der Waals surface area contributed by atoms with Crippen LogP contribution in [0, 0.1) is 0 Å². The lowest BCUT2D eigenvalue weighted by molar-refractivity contribution is -0.0137. The van der Waals surface area contributed by atoms with Gasteiger partial charge in [-0.2, -0.15) is 4.37 Å². The van der Waals surface area contributed by atoms with Gasteiger partial charge in [0.05, 0.1) is 7.11 Å². The third-order valence-corrected chi connectivity index (χ3v) is 4.66. The fraction of sp³-hybridized carbons (Fsp3) is 0.150. The molecule has 0 saturated carbocycles.